The Bertz CT molecular complexity index is 980. The first-order chi connectivity index (χ1) is 15.6. The molecule has 3 aromatic rings. The number of carbonyl (C=O) groups excluding carboxylic acids is 1. The predicted octanol–water partition coefficient (Wildman–Crippen LogP) is 3.99. The van der Waals surface area contributed by atoms with E-state index in [2.05, 4.69) is 15.2 Å². The maximum absolute atomic E-state index is 12.7. The number of methoxy groups -OCH3 is 2. The number of thioether (sulfide) groups is 1. The van der Waals surface area contributed by atoms with Gasteiger partial charge in [-0.1, -0.05) is 36.0 Å². The summed E-state index contributed by atoms with van der Waals surface area (Å²) in [5, 5.41) is 8.93. The molecule has 0 spiro atoms. The van der Waals surface area contributed by atoms with E-state index in [-0.39, 0.29) is 12.3 Å². The monoisotopic (exact) mass is 454 g/mol. The van der Waals surface area contributed by atoms with Gasteiger partial charge in [-0.05, 0) is 48.6 Å². The number of aromatic nitrogens is 3. The van der Waals surface area contributed by atoms with Crippen LogP contribution in [-0.2, 0) is 17.8 Å². The number of rotatable bonds is 10. The fourth-order valence-electron chi connectivity index (χ4n) is 3.05. The van der Waals surface area contributed by atoms with Crippen molar-refractivity contribution in [3.05, 3.63) is 65.4 Å². The molecule has 9 heteroatoms. The van der Waals surface area contributed by atoms with Crippen LogP contribution >= 0.6 is 11.8 Å². The maximum Gasteiger partial charge on any atom is 0.360 e. The molecule has 0 amide bonds. The molecule has 8 nitrogen and oxygen atoms in total. The number of ether oxygens (including phenoxy) is 3. The summed E-state index contributed by atoms with van der Waals surface area (Å²) in [6.07, 6.45) is 1.83. The van der Waals surface area contributed by atoms with Gasteiger partial charge in [-0.2, -0.15) is 0 Å². The summed E-state index contributed by atoms with van der Waals surface area (Å²) >= 11 is 1.32. The minimum absolute atomic E-state index is 0.147. The number of anilines is 1. The molecule has 0 saturated heterocycles. The van der Waals surface area contributed by atoms with Crippen molar-refractivity contribution in [3.63, 3.8) is 0 Å². The lowest BCUT2D eigenvalue weighted by atomic mass is 10.1. The molecule has 3 rings (SSSR count). The van der Waals surface area contributed by atoms with Crippen molar-refractivity contribution in [2.75, 3.05) is 32.0 Å². The zero-order valence-electron chi connectivity index (χ0n) is 18.6. The van der Waals surface area contributed by atoms with E-state index >= 15 is 0 Å². The molecular formula is C23H26N4O4S. The van der Waals surface area contributed by atoms with Crippen LogP contribution in [0, 0.1) is 0 Å². The summed E-state index contributed by atoms with van der Waals surface area (Å²) in [6, 6.07) is 15.5. The van der Waals surface area contributed by atoms with E-state index in [0.29, 0.717) is 24.1 Å². The highest BCUT2D eigenvalue weighted by Crippen LogP contribution is 2.25. The Kier molecular flexibility index (Phi) is 8.27. The Hall–Kier alpha value is -3.33. The van der Waals surface area contributed by atoms with Crippen molar-refractivity contribution < 1.29 is 19.0 Å². The Balaban J connectivity index is 2.00. The molecular weight excluding hydrogens is 428 g/mol. The highest BCUT2D eigenvalue weighted by atomic mass is 32.2. The Labute approximate surface area is 191 Å². The van der Waals surface area contributed by atoms with Gasteiger partial charge in [0.1, 0.15) is 11.5 Å². The Morgan fingerprint density at radius 1 is 0.906 bits per heavy atom. The molecule has 32 heavy (non-hydrogen) atoms. The summed E-state index contributed by atoms with van der Waals surface area (Å²) in [4.78, 5) is 19.0. The van der Waals surface area contributed by atoms with Gasteiger partial charge in [-0.3, -0.25) is 0 Å². The van der Waals surface area contributed by atoms with Crippen LogP contribution in [0.2, 0.25) is 0 Å². The third-order valence-corrected chi connectivity index (χ3v) is 5.20. The molecule has 0 aliphatic carbocycles. The number of carbonyl (C=O) groups is 1. The van der Waals surface area contributed by atoms with Crippen LogP contribution in [0.4, 0.5) is 5.82 Å². The van der Waals surface area contributed by atoms with Gasteiger partial charge < -0.3 is 19.1 Å². The van der Waals surface area contributed by atoms with Gasteiger partial charge in [0.05, 0.1) is 20.8 Å². The van der Waals surface area contributed by atoms with Crippen LogP contribution in [0.1, 0.15) is 28.5 Å². The lowest BCUT2D eigenvalue weighted by molar-refractivity contribution is 0.0518. The second-order valence-electron chi connectivity index (χ2n) is 6.74. The first-order valence-corrected chi connectivity index (χ1v) is 11.3. The number of hydrogen-bond donors (Lipinski definition) is 0. The minimum Gasteiger partial charge on any atom is -0.497 e. The molecule has 0 N–H and O–H groups in total. The van der Waals surface area contributed by atoms with E-state index in [4.69, 9.17) is 14.2 Å². The van der Waals surface area contributed by atoms with Crippen LogP contribution in [0.15, 0.2) is 53.7 Å². The van der Waals surface area contributed by atoms with E-state index < -0.39 is 5.97 Å². The lowest BCUT2D eigenvalue weighted by Gasteiger charge is -2.25. The maximum atomic E-state index is 12.7. The molecule has 0 unspecified atom stereocenters. The molecule has 1 aromatic heterocycles. The quantitative estimate of drug-likeness (QED) is 0.333. The molecule has 1 heterocycles. The average molecular weight is 455 g/mol. The van der Waals surface area contributed by atoms with Crippen molar-refractivity contribution in [1.29, 1.82) is 0 Å². The highest BCUT2D eigenvalue weighted by Gasteiger charge is 2.23. The lowest BCUT2D eigenvalue weighted by Crippen LogP contribution is -2.27. The van der Waals surface area contributed by atoms with E-state index in [1.54, 1.807) is 21.1 Å². The molecule has 0 bridgehead atoms. The minimum atomic E-state index is -0.526. The standard InChI is InChI=1S/C23H26N4O4S/c1-5-31-22(28)20-21(25-26-23(24-20)32-4)27(14-16-6-10-18(29-2)11-7-16)15-17-8-12-19(30-3)13-9-17/h6-13H,5,14-15H2,1-4H3. The van der Waals surface area contributed by atoms with E-state index in [0.717, 1.165) is 22.6 Å². The molecule has 2 aromatic carbocycles. The number of nitrogens with zero attached hydrogens (tertiary/aromatic N) is 4. The van der Waals surface area contributed by atoms with Gasteiger partial charge in [0.25, 0.3) is 0 Å². The molecule has 0 radical (unpaired) electrons. The predicted molar refractivity (Wildman–Crippen MR) is 123 cm³/mol. The van der Waals surface area contributed by atoms with E-state index in [1.807, 2.05) is 59.7 Å². The van der Waals surface area contributed by atoms with Gasteiger partial charge in [0.15, 0.2) is 11.5 Å². The first-order valence-electron chi connectivity index (χ1n) is 10.0. The molecule has 0 fully saturated rings. The Morgan fingerprint density at radius 3 is 1.88 bits per heavy atom. The molecule has 0 aliphatic heterocycles. The fourth-order valence-corrected chi connectivity index (χ4v) is 3.35. The normalized spacial score (nSPS) is 10.5. The SMILES string of the molecule is CCOC(=O)c1nc(SC)nnc1N(Cc1ccc(OC)cc1)Cc1ccc(OC)cc1. The van der Waals surface area contributed by atoms with Crippen LogP contribution in [0.5, 0.6) is 11.5 Å². The van der Waals surface area contributed by atoms with Crippen molar-refractivity contribution in [3.8, 4) is 11.5 Å². The summed E-state index contributed by atoms with van der Waals surface area (Å²) in [5.41, 5.74) is 2.18. The van der Waals surface area contributed by atoms with Gasteiger partial charge in [0, 0.05) is 13.1 Å². The van der Waals surface area contributed by atoms with E-state index in [1.165, 1.54) is 11.8 Å². The first kappa shape index (κ1) is 23.3. The van der Waals surface area contributed by atoms with Gasteiger partial charge in [-0.15, -0.1) is 10.2 Å². The summed E-state index contributed by atoms with van der Waals surface area (Å²) in [5.74, 6) is 1.39. The van der Waals surface area contributed by atoms with Crippen LogP contribution in [0.25, 0.3) is 0 Å². The smallest absolute Gasteiger partial charge is 0.360 e. The third-order valence-electron chi connectivity index (χ3n) is 4.67. The second kappa shape index (κ2) is 11.3. The van der Waals surface area contributed by atoms with Crippen molar-refractivity contribution in [1.82, 2.24) is 15.2 Å². The van der Waals surface area contributed by atoms with Gasteiger partial charge in [0.2, 0.25) is 5.16 Å². The second-order valence-corrected chi connectivity index (χ2v) is 7.52. The van der Waals surface area contributed by atoms with Crippen LogP contribution < -0.4 is 14.4 Å². The zero-order valence-corrected chi connectivity index (χ0v) is 19.4. The molecule has 0 saturated carbocycles. The number of esters is 1. The van der Waals surface area contributed by atoms with Crippen molar-refractivity contribution in [2.24, 2.45) is 0 Å². The van der Waals surface area contributed by atoms with Gasteiger partial charge in [-0.25, -0.2) is 9.78 Å². The van der Waals surface area contributed by atoms with Crippen molar-refractivity contribution in [2.45, 2.75) is 25.2 Å². The molecule has 0 atom stereocenters. The van der Waals surface area contributed by atoms with Crippen LogP contribution in [-0.4, -0.2) is 48.2 Å². The van der Waals surface area contributed by atoms with E-state index in [9.17, 15) is 4.79 Å². The highest BCUT2D eigenvalue weighted by molar-refractivity contribution is 7.98. The summed E-state index contributed by atoms with van der Waals surface area (Å²) < 4.78 is 15.8. The third kappa shape index (κ3) is 5.88. The van der Waals surface area contributed by atoms with Gasteiger partial charge >= 0.3 is 5.97 Å². The molecule has 168 valence electrons. The largest absolute Gasteiger partial charge is 0.497 e. The average Bonchev–Trinajstić information content (AvgIpc) is 2.84. The Morgan fingerprint density at radius 2 is 1.44 bits per heavy atom. The zero-order chi connectivity index (χ0) is 22.9. The topological polar surface area (TPSA) is 86.7 Å². The number of hydrogen-bond acceptors (Lipinski definition) is 9. The van der Waals surface area contributed by atoms with Crippen molar-refractivity contribution >= 4 is 23.5 Å². The van der Waals surface area contributed by atoms with Crippen LogP contribution in [0.3, 0.4) is 0 Å². The fraction of sp³-hybridized carbons (Fsp3) is 0.304. The summed E-state index contributed by atoms with van der Waals surface area (Å²) in [6.45, 7) is 2.97. The summed E-state index contributed by atoms with van der Waals surface area (Å²) in [7, 11) is 3.26. The number of benzene rings is 2. The molecule has 0 aliphatic rings.